The third-order valence-electron chi connectivity index (χ3n) is 3.31. The van der Waals surface area contributed by atoms with Crippen molar-refractivity contribution < 1.29 is 9.53 Å². The van der Waals surface area contributed by atoms with Crippen LogP contribution in [-0.2, 0) is 6.54 Å². The van der Waals surface area contributed by atoms with Crippen molar-refractivity contribution in [2.75, 3.05) is 21.2 Å². The summed E-state index contributed by atoms with van der Waals surface area (Å²) in [6.07, 6.45) is 0. The maximum absolute atomic E-state index is 11.5. The molecule has 1 rings (SSSR count). The highest BCUT2D eigenvalue weighted by Gasteiger charge is 2.13. The molecule has 0 saturated carbocycles. The van der Waals surface area contributed by atoms with E-state index in [4.69, 9.17) is 4.74 Å². The number of nitrogens with zero attached hydrogens (tertiary/aromatic N) is 1. The van der Waals surface area contributed by atoms with Gasteiger partial charge in [-0.05, 0) is 43.0 Å². The first-order valence-electron chi connectivity index (χ1n) is 5.98. The van der Waals surface area contributed by atoms with E-state index in [1.807, 2.05) is 13.8 Å². The number of nitrogens with one attached hydrogen (secondary N) is 1. The molecular weight excluding hydrogens is 228 g/mol. The summed E-state index contributed by atoms with van der Waals surface area (Å²) in [5.41, 5.74) is 4.56. The third-order valence-corrected chi connectivity index (χ3v) is 3.31. The number of hydrogen-bond acceptors (Lipinski definition) is 2. The predicted molar refractivity (Wildman–Crippen MR) is 73.1 cm³/mol. The summed E-state index contributed by atoms with van der Waals surface area (Å²) in [4.78, 5) is 13.2. The quantitative estimate of drug-likeness (QED) is 0.895. The van der Waals surface area contributed by atoms with Crippen LogP contribution in [0.3, 0.4) is 0 Å². The summed E-state index contributed by atoms with van der Waals surface area (Å²) in [5.74, 6) is 0.929. The van der Waals surface area contributed by atoms with Crippen molar-refractivity contribution in [3.8, 4) is 5.75 Å². The topological polar surface area (TPSA) is 41.6 Å². The smallest absolute Gasteiger partial charge is 0.317 e. The highest BCUT2D eigenvalue weighted by Crippen LogP contribution is 2.28. The molecule has 4 heteroatoms. The van der Waals surface area contributed by atoms with E-state index in [0.29, 0.717) is 6.54 Å². The van der Waals surface area contributed by atoms with E-state index < -0.39 is 0 Å². The number of urea groups is 1. The van der Waals surface area contributed by atoms with Crippen molar-refractivity contribution in [3.05, 3.63) is 28.3 Å². The fraction of sp³-hybridized carbons (Fsp3) is 0.500. The number of hydrogen-bond donors (Lipinski definition) is 1. The van der Waals surface area contributed by atoms with E-state index in [0.717, 1.165) is 22.4 Å². The van der Waals surface area contributed by atoms with Crippen molar-refractivity contribution in [3.63, 3.8) is 0 Å². The minimum atomic E-state index is -0.0828. The Hall–Kier alpha value is -1.71. The van der Waals surface area contributed by atoms with Crippen molar-refractivity contribution in [1.82, 2.24) is 10.2 Å². The first-order valence-corrected chi connectivity index (χ1v) is 5.98. The molecule has 0 fully saturated rings. The van der Waals surface area contributed by atoms with Gasteiger partial charge in [0.1, 0.15) is 5.75 Å². The number of carbonyl (C=O) groups is 1. The lowest BCUT2D eigenvalue weighted by Gasteiger charge is -2.21. The van der Waals surface area contributed by atoms with Gasteiger partial charge >= 0.3 is 6.03 Å². The number of rotatable bonds is 3. The molecule has 0 spiro atoms. The molecule has 1 aromatic carbocycles. The summed E-state index contributed by atoms with van der Waals surface area (Å²) >= 11 is 0. The number of benzene rings is 1. The molecule has 4 nitrogen and oxygen atoms in total. The molecule has 2 amide bonds. The largest absolute Gasteiger partial charge is 0.496 e. The Kier molecular flexibility index (Phi) is 4.59. The number of amides is 2. The van der Waals surface area contributed by atoms with Crippen molar-refractivity contribution in [1.29, 1.82) is 0 Å². The van der Waals surface area contributed by atoms with Gasteiger partial charge in [0.05, 0.1) is 7.11 Å². The monoisotopic (exact) mass is 250 g/mol. The summed E-state index contributed by atoms with van der Waals surface area (Å²) in [7, 11) is 5.11. The number of ether oxygens (including phenoxy) is 1. The van der Waals surface area contributed by atoms with Crippen LogP contribution in [0.25, 0.3) is 0 Å². The van der Waals surface area contributed by atoms with Gasteiger partial charge < -0.3 is 15.0 Å². The molecule has 1 aromatic rings. The fourth-order valence-corrected chi connectivity index (χ4v) is 2.14. The van der Waals surface area contributed by atoms with Crippen LogP contribution >= 0.6 is 0 Å². The molecule has 100 valence electrons. The normalized spacial score (nSPS) is 10.1. The van der Waals surface area contributed by atoms with Gasteiger partial charge in [0.15, 0.2) is 0 Å². The van der Waals surface area contributed by atoms with Crippen molar-refractivity contribution in [2.45, 2.75) is 27.3 Å². The molecule has 0 radical (unpaired) electrons. The first-order chi connectivity index (χ1) is 8.42. The second-order valence-electron chi connectivity index (χ2n) is 4.55. The number of aryl methyl sites for hydroxylation is 1. The van der Waals surface area contributed by atoms with Gasteiger partial charge in [-0.1, -0.05) is 6.07 Å². The Morgan fingerprint density at radius 3 is 2.44 bits per heavy atom. The highest BCUT2D eigenvalue weighted by molar-refractivity contribution is 5.73. The zero-order valence-electron chi connectivity index (χ0n) is 12.0. The van der Waals surface area contributed by atoms with Crippen LogP contribution in [0.4, 0.5) is 4.79 Å². The van der Waals surface area contributed by atoms with Crippen LogP contribution < -0.4 is 10.1 Å². The summed E-state index contributed by atoms with van der Waals surface area (Å²) in [6.45, 7) is 6.72. The van der Waals surface area contributed by atoms with Crippen LogP contribution in [-0.4, -0.2) is 32.1 Å². The van der Waals surface area contributed by atoms with Crippen LogP contribution in [0.5, 0.6) is 5.75 Å². The molecule has 0 aliphatic carbocycles. The maximum atomic E-state index is 11.5. The molecule has 0 saturated heterocycles. The lowest BCUT2D eigenvalue weighted by Crippen LogP contribution is -2.34. The first kappa shape index (κ1) is 14.4. The number of methoxy groups -OCH3 is 1. The van der Waals surface area contributed by atoms with E-state index in [-0.39, 0.29) is 6.03 Å². The summed E-state index contributed by atoms with van der Waals surface area (Å²) in [6, 6.07) is 2.00. The van der Waals surface area contributed by atoms with Crippen LogP contribution in [0, 0.1) is 20.8 Å². The van der Waals surface area contributed by atoms with Gasteiger partial charge in [0.2, 0.25) is 0 Å². The SMILES string of the molecule is CNC(=O)N(C)Cc1cc(C)c(OC)c(C)c1C. The fourth-order valence-electron chi connectivity index (χ4n) is 2.14. The molecule has 18 heavy (non-hydrogen) atoms. The highest BCUT2D eigenvalue weighted by atomic mass is 16.5. The van der Waals surface area contributed by atoms with Gasteiger partial charge in [0, 0.05) is 20.6 Å². The Bertz CT molecular complexity index is 456. The Morgan fingerprint density at radius 1 is 1.33 bits per heavy atom. The zero-order valence-corrected chi connectivity index (χ0v) is 12.0. The minimum Gasteiger partial charge on any atom is -0.496 e. The van der Waals surface area contributed by atoms with Gasteiger partial charge in [-0.3, -0.25) is 0 Å². The molecule has 0 bridgehead atoms. The Labute approximate surface area is 109 Å². The second kappa shape index (κ2) is 5.76. The maximum Gasteiger partial charge on any atom is 0.317 e. The number of carbonyl (C=O) groups excluding carboxylic acids is 1. The summed E-state index contributed by atoms with van der Waals surface area (Å²) in [5, 5.41) is 2.62. The van der Waals surface area contributed by atoms with E-state index in [1.165, 1.54) is 5.56 Å². The van der Waals surface area contributed by atoms with Gasteiger partial charge in [-0.2, -0.15) is 0 Å². The Morgan fingerprint density at radius 2 is 1.94 bits per heavy atom. The zero-order chi connectivity index (χ0) is 13.9. The van der Waals surface area contributed by atoms with Crippen molar-refractivity contribution in [2.24, 2.45) is 0 Å². The van der Waals surface area contributed by atoms with Crippen molar-refractivity contribution >= 4 is 6.03 Å². The van der Waals surface area contributed by atoms with E-state index in [2.05, 4.69) is 18.3 Å². The van der Waals surface area contributed by atoms with Crippen LogP contribution in [0.2, 0.25) is 0 Å². The molecular formula is C14H22N2O2. The molecule has 0 aliphatic rings. The van der Waals surface area contributed by atoms with Gasteiger partial charge in [-0.15, -0.1) is 0 Å². The average Bonchev–Trinajstić information content (AvgIpc) is 2.35. The van der Waals surface area contributed by atoms with E-state index in [9.17, 15) is 4.79 Å². The molecule has 0 aliphatic heterocycles. The lowest BCUT2D eigenvalue weighted by molar-refractivity contribution is 0.209. The third kappa shape index (κ3) is 2.75. The molecule has 0 atom stereocenters. The van der Waals surface area contributed by atoms with E-state index >= 15 is 0 Å². The lowest BCUT2D eigenvalue weighted by atomic mass is 9.98. The van der Waals surface area contributed by atoms with Crippen LogP contribution in [0.15, 0.2) is 6.07 Å². The minimum absolute atomic E-state index is 0.0828. The molecule has 0 unspecified atom stereocenters. The van der Waals surface area contributed by atoms with E-state index in [1.54, 1.807) is 26.1 Å². The van der Waals surface area contributed by atoms with Gasteiger partial charge in [-0.25, -0.2) is 4.79 Å². The molecule has 0 heterocycles. The van der Waals surface area contributed by atoms with Gasteiger partial charge in [0.25, 0.3) is 0 Å². The summed E-state index contributed by atoms with van der Waals surface area (Å²) < 4.78 is 5.39. The predicted octanol–water partition coefficient (Wildman–Crippen LogP) is 2.39. The van der Waals surface area contributed by atoms with Crippen LogP contribution in [0.1, 0.15) is 22.3 Å². The Balaban J connectivity index is 3.08. The average molecular weight is 250 g/mol. The molecule has 1 N–H and O–H groups in total. The molecule has 0 aromatic heterocycles. The standard InChI is InChI=1S/C14H22N2O2/c1-9-7-12(8-16(5)14(17)15-4)10(2)11(3)13(9)18-6/h7H,8H2,1-6H3,(H,15,17). The second-order valence-corrected chi connectivity index (χ2v) is 4.55.